The molecule has 0 atom stereocenters. The van der Waals surface area contributed by atoms with Crippen LogP contribution >= 0.6 is 0 Å². The van der Waals surface area contributed by atoms with Crippen LogP contribution in [0, 0.1) is 0 Å². The predicted molar refractivity (Wildman–Crippen MR) is 82.0 cm³/mol. The van der Waals surface area contributed by atoms with Gasteiger partial charge >= 0.3 is 6.03 Å². The van der Waals surface area contributed by atoms with Crippen LogP contribution in [0.25, 0.3) is 0 Å². The molecule has 5 heteroatoms. The number of piperazine rings is 1. The summed E-state index contributed by atoms with van der Waals surface area (Å²) in [6.07, 6.45) is 7.16. The van der Waals surface area contributed by atoms with Gasteiger partial charge in [0.2, 0.25) is 0 Å². The van der Waals surface area contributed by atoms with Crippen LogP contribution in [0.15, 0.2) is 28.9 Å². The van der Waals surface area contributed by atoms with Gasteiger partial charge in [0.25, 0.3) is 0 Å². The Balaban J connectivity index is 1.82. The first-order chi connectivity index (χ1) is 9.56. The van der Waals surface area contributed by atoms with Crippen LogP contribution in [0.3, 0.4) is 0 Å². The molecule has 2 amide bonds. The summed E-state index contributed by atoms with van der Waals surface area (Å²) in [5.74, 6) is 0. The summed E-state index contributed by atoms with van der Waals surface area (Å²) in [6, 6.07) is 0.113. The van der Waals surface area contributed by atoms with Crippen molar-refractivity contribution < 1.29 is 4.79 Å². The van der Waals surface area contributed by atoms with Crippen molar-refractivity contribution in [2.45, 2.75) is 13.3 Å². The van der Waals surface area contributed by atoms with E-state index in [1.807, 2.05) is 11.1 Å². The van der Waals surface area contributed by atoms with Gasteiger partial charge in [0.15, 0.2) is 0 Å². The molecular weight excluding hydrogens is 252 g/mol. The number of carbonyl (C=O) groups excluding carboxylic acids is 1. The molecular formula is C15H24N4O. The second kappa shape index (κ2) is 6.70. The molecule has 2 rings (SSSR count). The Morgan fingerprint density at radius 2 is 2.00 bits per heavy atom. The molecule has 0 radical (unpaired) electrons. The number of amides is 2. The molecule has 2 heterocycles. The third kappa shape index (κ3) is 3.93. The monoisotopic (exact) mass is 276 g/mol. The Hall–Kier alpha value is -1.62. The number of nitrogens with zero attached hydrogens (tertiary/aromatic N) is 4. The number of urea groups is 1. The van der Waals surface area contributed by atoms with E-state index in [0.717, 1.165) is 44.9 Å². The Morgan fingerprint density at radius 3 is 2.65 bits per heavy atom. The van der Waals surface area contributed by atoms with E-state index in [9.17, 15) is 4.79 Å². The SMILES string of the molecule is CC1=NC=CC(CN2CCN(C(=O)N(C)C)CC2)=CC1. The van der Waals surface area contributed by atoms with Crippen molar-refractivity contribution >= 4 is 11.7 Å². The molecule has 0 N–H and O–H groups in total. The largest absolute Gasteiger partial charge is 0.331 e. The fourth-order valence-electron chi connectivity index (χ4n) is 2.42. The van der Waals surface area contributed by atoms with Crippen molar-refractivity contribution in [1.29, 1.82) is 0 Å². The third-order valence-corrected chi connectivity index (χ3v) is 3.67. The first-order valence-corrected chi connectivity index (χ1v) is 7.13. The van der Waals surface area contributed by atoms with Gasteiger partial charge in [0.1, 0.15) is 0 Å². The number of rotatable bonds is 2. The van der Waals surface area contributed by atoms with Crippen molar-refractivity contribution in [2.75, 3.05) is 46.8 Å². The summed E-state index contributed by atoms with van der Waals surface area (Å²) in [4.78, 5) is 22.2. The van der Waals surface area contributed by atoms with Gasteiger partial charge < -0.3 is 9.80 Å². The Labute approximate surface area is 121 Å². The number of hydrogen-bond donors (Lipinski definition) is 0. The molecule has 20 heavy (non-hydrogen) atoms. The van der Waals surface area contributed by atoms with Gasteiger partial charge in [0.05, 0.1) is 0 Å². The highest BCUT2D eigenvalue weighted by atomic mass is 16.2. The number of carbonyl (C=O) groups is 1. The van der Waals surface area contributed by atoms with Crippen molar-refractivity contribution in [2.24, 2.45) is 4.99 Å². The van der Waals surface area contributed by atoms with E-state index in [1.165, 1.54) is 5.57 Å². The predicted octanol–water partition coefficient (Wildman–Crippen LogP) is 1.59. The molecule has 2 aliphatic heterocycles. The first-order valence-electron chi connectivity index (χ1n) is 7.13. The van der Waals surface area contributed by atoms with Crippen LogP contribution in [-0.4, -0.2) is 73.3 Å². The van der Waals surface area contributed by atoms with Crippen LogP contribution in [0.5, 0.6) is 0 Å². The van der Waals surface area contributed by atoms with E-state index in [0.29, 0.717) is 0 Å². The molecule has 5 nitrogen and oxygen atoms in total. The van der Waals surface area contributed by atoms with Crippen LogP contribution in [0.2, 0.25) is 0 Å². The summed E-state index contributed by atoms with van der Waals surface area (Å²) in [5, 5.41) is 0. The van der Waals surface area contributed by atoms with E-state index in [2.05, 4.69) is 29.0 Å². The van der Waals surface area contributed by atoms with Gasteiger partial charge in [-0.2, -0.15) is 0 Å². The quantitative estimate of drug-likeness (QED) is 0.768. The fourth-order valence-corrected chi connectivity index (χ4v) is 2.42. The molecule has 0 aliphatic carbocycles. The van der Waals surface area contributed by atoms with Crippen LogP contribution < -0.4 is 0 Å². The molecule has 0 spiro atoms. The third-order valence-electron chi connectivity index (χ3n) is 3.67. The summed E-state index contributed by atoms with van der Waals surface area (Å²) < 4.78 is 0. The zero-order valence-electron chi connectivity index (χ0n) is 12.7. The zero-order chi connectivity index (χ0) is 14.5. The fraction of sp³-hybridized carbons (Fsp3) is 0.600. The number of aliphatic imine (C=N–C) groups is 1. The van der Waals surface area contributed by atoms with Gasteiger partial charge in [-0.05, 0) is 18.6 Å². The van der Waals surface area contributed by atoms with E-state index >= 15 is 0 Å². The molecule has 0 aromatic rings. The van der Waals surface area contributed by atoms with Crippen LogP contribution in [0.1, 0.15) is 13.3 Å². The molecule has 110 valence electrons. The van der Waals surface area contributed by atoms with Crippen molar-refractivity contribution in [3.05, 3.63) is 23.9 Å². The molecule has 1 fully saturated rings. The second-order valence-corrected chi connectivity index (χ2v) is 5.60. The lowest BCUT2D eigenvalue weighted by molar-refractivity contribution is 0.128. The topological polar surface area (TPSA) is 39.1 Å². The van der Waals surface area contributed by atoms with Crippen molar-refractivity contribution in [1.82, 2.24) is 14.7 Å². The number of hydrogen-bond acceptors (Lipinski definition) is 3. The highest BCUT2D eigenvalue weighted by molar-refractivity contribution is 5.84. The zero-order valence-corrected chi connectivity index (χ0v) is 12.7. The average molecular weight is 276 g/mol. The highest BCUT2D eigenvalue weighted by Crippen LogP contribution is 2.11. The first kappa shape index (κ1) is 14.8. The van der Waals surface area contributed by atoms with E-state index in [1.54, 1.807) is 19.0 Å². The summed E-state index contributed by atoms with van der Waals surface area (Å²) in [5.41, 5.74) is 2.47. The smallest absolute Gasteiger partial charge is 0.319 e. The van der Waals surface area contributed by atoms with Gasteiger partial charge in [-0.25, -0.2) is 4.79 Å². The Morgan fingerprint density at radius 1 is 1.30 bits per heavy atom. The van der Waals surface area contributed by atoms with E-state index in [-0.39, 0.29) is 6.03 Å². The van der Waals surface area contributed by atoms with Gasteiger partial charge in [0, 0.05) is 65.2 Å². The molecule has 0 aromatic heterocycles. The Bertz CT molecular complexity index is 443. The standard InChI is InChI=1S/C15H24N4O/c1-13-4-5-14(6-7-16-13)12-18-8-10-19(11-9-18)15(20)17(2)3/h5-7H,4,8-12H2,1-3H3. The minimum atomic E-state index is 0.113. The summed E-state index contributed by atoms with van der Waals surface area (Å²) >= 11 is 0. The minimum Gasteiger partial charge on any atom is -0.331 e. The maximum absolute atomic E-state index is 11.9. The lowest BCUT2D eigenvalue weighted by Crippen LogP contribution is -2.51. The molecule has 0 unspecified atom stereocenters. The van der Waals surface area contributed by atoms with Gasteiger partial charge in [-0.1, -0.05) is 6.08 Å². The molecule has 0 bridgehead atoms. The van der Waals surface area contributed by atoms with Gasteiger partial charge in [-0.15, -0.1) is 0 Å². The molecule has 1 saturated heterocycles. The van der Waals surface area contributed by atoms with E-state index < -0.39 is 0 Å². The van der Waals surface area contributed by atoms with Gasteiger partial charge in [-0.3, -0.25) is 9.89 Å². The molecule has 2 aliphatic rings. The molecule has 0 aromatic carbocycles. The minimum absolute atomic E-state index is 0.113. The number of allylic oxidation sites excluding steroid dienone is 1. The Kier molecular flexibility index (Phi) is 4.95. The van der Waals surface area contributed by atoms with E-state index in [4.69, 9.17) is 0 Å². The normalized spacial score (nSPS) is 20.2. The average Bonchev–Trinajstić information content (AvgIpc) is 2.64. The van der Waals surface area contributed by atoms with Crippen LogP contribution in [-0.2, 0) is 0 Å². The maximum Gasteiger partial charge on any atom is 0.319 e. The van der Waals surface area contributed by atoms with Crippen molar-refractivity contribution in [3.63, 3.8) is 0 Å². The summed E-state index contributed by atoms with van der Waals surface area (Å²) in [7, 11) is 3.61. The second-order valence-electron chi connectivity index (χ2n) is 5.60. The highest BCUT2D eigenvalue weighted by Gasteiger charge is 2.22. The summed E-state index contributed by atoms with van der Waals surface area (Å²) in [6.45, 7) is 6.49. The lowest BCUT2D eigenvalue weighted by Gasteiger charge is -2.36. The molecule has 0 saturated carbocycles. The van der Waals surface area contributed by atoms with Crippen LogP contribution in [0.4, 0.5) is 4.79 Å². The van der Waals surface area contributed by atoms with Crippen molar-refractivity contribution in [3.8, 4) is 0 Å². The maximum atomic E-state index is 11.9. The lowest BCUT2D eigenvalue weighted by atomic mass is 10.1.